The predicted molar refractivity (Wildman–Crippen MR) is 66.6 cm³/mol. The van der Waals surface area contributed by atoms with Crippen molar-refractivity contribution in [2.45, 2.75) is 19.4 Å². The number of nitrogens with zero attached hydrogens (tertiary/aromatic N) is 3. The second-order valence-corrected chi connectivity index (χ2v) is 4.70. The fraction of sp³-hybridized carbons (Fsp3) is 0.462. The van der Waals surface area contributed by atoms with Crippen molar-refractivity contribution in [3.63, 3.8) is 0 Å². The van der Waals surface area contributed by atoms with Crippen molar-refractivity contribution in [3.05, 3.63) is 29.6 Å². The summed E-state index contributed by atoms with van der Waals surface area (Å²) >= 11 is 0. The molecule has 94 valence electrons. The lowest BCUT2D eigenvalue weighted by molar-refractivity contribution is 0.0780. The topological polar surface area (TPSA) is 83.0 Å². The number of aromatic nitrogens is 1. The molecule has 18 heavy (non-hydrogen) atoms. The molecule has 2 heterocycles. The molecular formula is C13H16N4O. The lowest BCUT2D eigenvalue weighted by Crippen LogP contribution is -2.33. The largest absolute Gasteiger partial charge is 0.337 e. The summed E-state index contributed by atoms with van der Waals surface area (Å²) in [7, 11) is 0. The van der Waals surface area contributed by atoms with E-state index < -0.39 is 0 Å². The second kappa shape index (κ2) is 5.15. The predicted octanol–water partition coefficient (Wildman–Crippen LogP) is 0.763. The zero-order chi connectivity index (χ0) is 13.1. The molecule has 1 saturated heterocycles. The molecule has 2 unspecified atom stereocenters. The highest BCUT2D eigenvalue weighted by atomic mass is 16.2. The van der Waals surface area contributed by atoms with E-state index in [0.717, 1.165) is 13.0 Å². The highest BCUT2D eigenvalue weighted by molar-refractivity contribution is 5.92. The number of carbonyl (C=O) groups excluding carboxylic acids is 1. The number of pyridine rings is 1. The van der Waals surface area contributed by atoms with Gasteiger partial charge in [-0.2, -0.15) is 5.26 Å². The first-order valence-electron chi connectivity index (χ1n) is 6.03. The van der Waals surface area contributed by atoms with Gasteiger partial charge in [-0.25, -0.2) is 4.98 Å². The van der Waals surface area contributed by atoms with E-state index in [1.807, 2.05) is 13.0 Å². The van der Waals surface area contributed by atoms with Crippen LogP contribution in [0.4, 0.5) is 0 Å². The molecule has 0 aromatic carbocycles. The molecule has 5 heteroatoms. The summed E-state index contributed by atoms with van der Waals surface area (Å²) in [5.74, 6) is 0.287. The molecule has 1 aliphatic heterocycles. The van der Waals surface area contributed by atoms with Crippen LogP contribution in [0.1, 0.15) is 29.4 Å². The molecule has 1 aromatic heterocycles. The number of rotatable bonds is 2. The van der Waals surface area contributed by atoms with Crippen LogP contribution < -0.4 is 5.73 Å². The Bertz CT molecular complexity index is 475. The van der Waals surface area contributed by atoms with Gasteiger partial charge < -0.3 is 10.6 Å². The normalized spacial score (nSPS) is 20.5. The standard InChI is InChI=1S/C13H16N4O/c1-9(15)11-4-5-17(8-11)13(18)12-3-2-10(6-14)7-16-12/h2-3,7,9,11H,4-5,8,15H2,1H3. The Morgan fingerprint density at radius 2 is 2.44 bits per heavy atom. The van der Waals surface area contributed by atoms with Crippen LogP contribution in [0, 0.1) is 17.2 Å². The van der Waals surface area contributed by atoms with Crippen molar-refractivity contribution in [2.24, 2.45) is 11.7 Å². The average molecular weight is 244 g/mol. The van der Waals surface area contributed by atoms with E-state index in [2.05, 4.69) is 4.98 Å². The fourth-order valence-corrected chi connectivity index (χ4v) is 2.15. The van der Waals surface area contributed by atoms with E-state index in [0.29, 0.717) is 23.7 Å². The summed E-state index contributed by atoms with van der Waals surface area (Å²) in [6, 6.07) is 5.30. The number of hydrogen-bond acceptors (Lipinski definition) is 4. The van der Waals surface area contributed by atoms with Gasteiger partial charge in [0.15, 0.2) is 0 Å². The molecule has 1 fully saturated rings. The Morgan fingerprint density at radius 1 is 1.67 bits per heavy atom. The SMILES string of the molecule is CC(N)C1CCN(C(=O)c2ccc(C#N)cn2)C1. The zero-order valence-electron chi connectivity index (χ0n) is 10.3. The van der Waals surface area contributed by atoms with E-state index in [9.17, 15) is 4.79 Å². The molecule has 2 N–H and O–H groups in total. The third-order valence-electron chi connectivity index (χ3n) is 3.37. The van der Waals surface area contributed by atoms with Gasteiger partial charge in [-0.3, -0.25) is 4.79 Å². The Kier molecular flexibility index (Phi) is 3.58. The Hall–Kier alpha value is -1.93. The molecular weight excluding hydrogens is 228 g/mol. The zero-order valence-corrected chi connectivity index (χ0v) is 10.3. The number of carbonyl (C=O) groups is 1. The van der Waals surface area contributed by atoms with E-state index in [-0.39, 0.29) is 11.9 Å². The summed E-state index contributed by atoms with van der Waals surface area (Å²) in [6.07, 6.45) is 2.37. The first-order valence-corrected chi connectivity index (χ1v) is 6.03. The van der Waals surface area contributed by atoms with Crippen LogP contribution in [-0.4, -0.2) is 34.9 Å². The van der Waals surface area contributed by atoms with Crippen molar-refractivity contribution >= 4 is 5.91 Å². The Labute approximate surface area is 106 Å². The molecule has 0 bridgehead atoms. The third-order valence-corrected chi connectivity index (χ3v) is 3.37. The fourth-order valence-electron chi connectivity index (χ4n) is 2.15. The maximum atomic E-state index is 12.2. The summed E-state index contributed by atoms with van der Waals surface area (Å²) in [5.41, 5.74) is 6.69. The molecule has 0 aliphatic carbocycles. The van der Waals surface area contributed by atoms with Gasteiger partial charge in [-0.1, -0.05) is 0 Å². The van der Waals surface area contributed by atoms with Crippen molar-refractivity contribution < 1.29 is 4.79 Å². The third kappa shape index (κ3) is 2.49. The van der Waals surface area contributed by atoms with E-state index in [1.54, 1.807) is 17.0 Å². The van der Waals surface area contributed by atoms with Gasteiger partial charge >= 0.3 is 0 Å². The van der Waals surface area contributed by atoms with Crippen LogP contribution in [-0.2, 0) is 0 Å². The van der Waals surface area contributed by atoms with Gasteiger partial charge in [0, 0.05) is 25.3 Å². The van der Waals surface area contributed by atoms with Crippen LogP contribution in [0.3, 0.4) is 0 Å². The molecule has 5 nitrogen and oxygen atoms in total. The lowest BCUT2D eigenvalue weighted by atomic mass is 10.0. The number of amides is 1. The lowest BCUT2D eigenvalue weighted by Gasteiger charge is -2.17. The van der Waals surface area contributed by atoms with E-state index >= 15 is 0 Å². The van der Waals surface area contributed by atoms with E-state index in [1.165, 1.54) is 6.20 Å². The Morgan fingerprint density at radius 3 is 2.94 bits per heavy atom. The number of nitriles is 1. The summed E-state index contributed by atoms with van der Waals surface area (Å²) in [5, 5.41) is 8.68. The minimum Gasteiger partial charge on any atom is -0.337 e. The second-order valence-electron chi connectivity index (χ2n) is 4.70. The molecule has 0 radical (unpaired) electrons. The first-order chi connectivity index (χ1) is 8.61. The number of hydrogen-bond donors (Lipinski definition) is 1. The Balaban J connectivity index is 2.06. The van der Waals surface area contributed by atoms with Gasteiger partial charge in [0.25, 0.3) is 5.91 Å². The van der Waals surface area contributed by atoms with Gasteiger partial charge in [-0.05, 0) is 31.4 Å². The van der Waals surface area contributed by atoms with Gasteiger partial charge in [0.1, 0.15) is 11.8 Å². The van der Waals surface area contributed by atoms with Gasteiger partial charge in [0.05, 0.1) is 5.56 Å². The maximum Gasteiger partial charge on any atom is 0.272 e. The minimum absolute atomic E-state index is 0.0809. The number of nitrogens with two attached hydrogens (primary N) is 1. The van der Waals surface area contributed by atoms with Crippen LogP contribution in [0.2, 0.25) is 0 Å². The molecule has 0 spiro atoms. The van der Waals surface area contributed by atoms with Crippen molar-refractivity contribution in [1.29, 1.82) is 5.26 Å². The van der Waals surface area contributed by atoms with E-state index in [4.69, 9.17) is 11.0 Å². The quantitative estimate of drug-likeness (QED) is 0.832. The molecule has 2 atom stereocenters. The summed E-state index contributed by atoms with van der Waals surface area (Å²) in [4.78, 5) is 18.0. The van der Waals surface area contributed by atoms with Crippen LogP contribution >= 0.6 is 0 Å². The summed E-state index contributed by atoms with van der Waals surface area (Å²) in [6.45, 7) is 3.39. The highest BCUT2D eigenvalue weighted by Crippen LogP contribution is 2.20. The van der Waals surface area contributed by atoms with Crippen LogP contribution in [0.5, 0.6) is 0 Å². The number of likely N-dealkylation sites (tertiary alicyclic amines) is 1. The molecule has 1 aliphatic rings. The minimum atomic E-state index is -0.0809. The molecule has 2 rings (SSSR count). The monoisotopic (exact) mass is 244 g/mol. The average Bonchev–Trinajstić information content (AvgIpc) is 2.88. The van der Waals surface area contributed by atoms with Crippen molar-refractivity contribution in [3.8, 4) is 6.07 Å². The first kappa shape index (κ1) is 12.5. The smallest absolute Gasteiger partial charge is 0.272 e. The maximum absolute atomic E-state index is 12.2. The van der Waals surface area contributed by atoms with Crippen molar-refractivity contribution in [2.75, 3.05) is 13.1 Å². The van der Waals surface area contributed by atoms with Crippen LogP contribution in [0.25, 0.3) is 0 Å². The molecule has 1 amide bonds. The molecule has 1 aromatic rings. The summed E-state index contributed by atoms with van der Waals surface area (Å²) < 4.78 is 0. The van der Waals surface area contributed by atoms with Gasteiger partial charge in [0.2, 0.25) is 0 Å². The van der Waals surface area contributed by atoms with Crippen molar-refractivity contribution in [1.82, 2.24) is 9.88 Å². The van der Waals surface area contributed by atoms with Gasteiger partial charge in [-0.15, -0.1) is 0 Å². The highest BCUT2D eigenvalue weighted by Gasteiger charge is 2.29. The molecule has 0 saturated carbocycles. The van der Waals surface area contributed by atoms with Crippen LogP contribution in [0.15, 0.2) is 18.3 Å².